The van der Waals surface area contributed by atoms with Crippen LogP contribution in [0.5, 0.6) is 0 Å². The van der Waals surface area contributed by atoms with E-state index in [4.69, 9.17) is 10.2 Å². The molecule has 2 N–H and O–H groups in total. The van der Waals surface area contributed by atoms with E-state index in [-0.39, 0.29) is 36.7 Å². The van der Waals surface area contributed by atoms with Gasteiger partial charge in [-0.05, 0) is 36.6 Å². The van der Waals surface area contributed by atoms with Crippen molar-refractivity contribution in [3.8, 4) is 0 Å². The molecule has 1 aromatic carbocycles. The summed E-state index contributed by atoms with van der Waals surface area (Å²) in [6, 6.07) is 8.25. The van der Waals surface area contributed by atoms with Crippen LogP contribution < -0.4 is 5.73 Å². The highest BCUT2D eigenvalue weighted by molar-refractivity contribution is 5.94. The van der Waals surface area contributed by atoms with Crippen molar-refractivity contribution in [2.24, 2.45) is 5.73 Å². The summed E-state index contributed by atoms with van der Waals surface area (Å²) in [6.45, 7) is 0.672. The lowest BCUT2D eigenvalue weighted by atomic mass is 10.2. The number of halogens is 2. The topological polar surface area (TPSA) is 59.5 Å². The Morgan fingerprint density at radius 1 is 1.36 bits per heavy atom. The third-order valence-electron chi connectivity index (χ3n) is 3.59. The lowest BCUT2D eigenvalue weighted by Crippen LogP contribution is -2.32. The van der Waals surface area contributed by atoms with Gasteiger partial charge in [-0.1, -0.05) is 12.1 Å². The number of nitrogens with two attached hydrogens (primary N) is 1. The summed E-state index contributed by atoms with van der Waals surface area (Å²) in [6.07, 6.45) is 3.41. The summed E-state index contributed by atoms with van der Waals surface area (Å²) >= 11 is 0. The van der Waals surface area contributed by atoms with Crippen LogP contribution in [0.2, 0.25) is 0 Å². The van der Waals surface area contributed by atoms with Crippen molar-refractivity contribution in [1.29, 1.82) is 0 Å². The fourth-order valence-corrected chi connectivity index (χ4v) is 2.35. The molecule has 22 heavy (non-hydrogen) atoms. The quantitative estimate of drug-likeness (QED) is 0.919. The molecule has 1 fully saturated rings. The number of hydrogen-bond donors (Lipinski definition) is 1. The maximum atomic E-state index is 13.3. The second kappa shape index (κ2) is 6.94. The first kappa shape index (κ1) is 16.5. The van der Waals surface area contributed by atoms with Crippen LogP contribution >= 0.6 is 12.4 Å². The van der Waals surface area contributed by atoms with Gasteiger partial charge in [-0.25, -0.2) is 4.39 Å². The zero-order valence-corrected chi connectivity index (χ0v) is 12.8. The molecule has 0 bridgehead atoms. The molecule has 1 aliphatic carbocycles. The molecule has 0 spiro atoms. The van der Waals surface area contributed by atoms with Crippen LogP contribution in [0.3, 0.4) is 0 Å². The van der Waals surface area contributed by atoms with Crippen LogP contribution in [0.1, 0.15) is 34.5 Å². The van der Waals surface area contributed by atoms with Crippen LogP contribution in [0, 0.1) is 5.82 Å². The van der Waals surface area contributed by atoms with Gasteiger partial charge in [0.25, 0.3) is 5.91 Å². The largest absolute Gasteiger partial charge is 0.467 e. The Kier molecular flexibility index (Phi) is 5.21. The molecule has 0 radical (unpaired) electrons. The van der Waals surface area contributed by atoms with E-state index < -0.39 is 0 Å². The van der Waals surface area contributed by atoms with Gasteiger partial charge < -0.3 is 15.1 Å². The SMILES string of the molecule is Cl.NCc1cc(C(=O)N(Cc2cccc(F)c2)C2CC2)co1. The number of furan rings is 1. The minimum absolute atomic E-state index is 0. The van der Waals surface area contributed by atoms with Gasteiger partial charge in [0.15, 0.2) is 0 Å². The smallest absolute Gasteiger partial charge is 0.257 e. The summed E-state index contributed by atoms with van der Waals surface area (Å²) in [4.78, 5) is 14.4. The Balaban J connectivity index is 0.00000176. The maximum absolute atomic E-state index is 13.3. The van der Waals surface area contributed by atoms with Crippen LogP contribution in [-0.2, 0) is 13.1 Å². The number of nitrogens with zero attached hydrogens (tertiary/aromatic N) is 1. The minimum atomic E-state index is -0.288. The van der Waals surface area contributed by atoms with E-state index in [9.17, 15) is 9.18 Å². The van der Waals surface area contributed by atoms with Gasteiger partial charge in [-0.3, -0.25) is 4.79 Å². The van der Waals surface area contributed by atoms with Crippen molar-refractivity contribution in [2.45, 2.75) is 32.0 Å². The molecule has 2 aromatic rings. The molecular formula is C16H18ClFN2O2. The Hall–Kier alpha value is -1.85. The molecular weight excluding hydrogens is 307 g/mol. The highest BCUT2D eigenvalue weighted by Crippen LogP contribution is 2.30. The number of carbonyl (C=O) groups is 1. The predicted molar refractivity (Wildman–Crippen MR) is 83.1 cm³/mol. The molecule has 0 atom stereocenters. The first-order valence-corrected chi connectivity index (χ1v) is 7.00. The van der Waals surface area contributed by atoms with Crippen LogP contribution in [0.4, 0.5) is 4.39 Å². The summed E-state index contributed by atoms with van der Waals surface area (Å²) in [5.74, 6) is 0.203. The molecule has 1 aromatic heterocycles. The second-order valence-electron chi connectivity index (χ2n) is 5.30. The zero-order chi connectivity index (χ0) is 14.8. The van der Waals surface area contributed by atoms with Crippen LogP contribution in [-0.4, -0.2) is 16.8 Å². The lowest BCUT2D eigenvalue weighted by Gasteiger charge is -2.22. The summed E-state index contributed by atoms with van der Waals surface area (Å²) in [5, 5.41) is 0. The molecule has 1 heterocycles. The second-order valence-corrected chi connectivity index (χ2v) is 5.30. The van der Waals surface area contributed by atoms with E-state index in [2.05, 4.69) is 0 Å². The van der Waals surface area contributed by atoms with Crippen molar-refractivity contribution >= 4 is 18.3 Å². The molecule has 0 unspecified atom stereocenters. The van der Waals surface area contributed by atoms with E-state index in [0.29, 0.717) is 17.9 Å². The fourth-order valence-electron chi connectivity index (χ4n) is 2.35. The first-order chi connectivity index (χ1) is 10.2. The normalized spacial score (nSPS) is 13.5. The Labute approximate surface area is 134 Å². The standard InChI is InChI=1S/C16H17FN2O2.ClH/c17-13-3-1-2-11(6-13)9-19(14-4-5-14)16(20)12-7-15(8-18)21-10-12;/h1-3,6-7,10,14H,4-5,8-9,18H2;1H. The highest BCUT2D eigenvalue weighted by atomic mass is 35.5. The number of rotatable bonds is 5. The lowest BCUT2D eigenvalue weighted by molar-refractivity contribution is 0.0729. The van der Waals surface area contributed by atoms with E-state index in [1.807, 2.05) is 6.07 Å². The van der Waals surface area contributed by atoms with Gasteiger partial charge in [0.2, 0.25) is 0 Å². The third-order valence-corrected chi connectivity index (χ3v) is 3.59. The average molecular weight is 325 g/mol. The van der Waals surface area contributed by atoms with Gasteiger partial charge in [0, 0.05) is 12.6 Å². The number of carbonyl (C=O) groups excluding carboxylic acids is 1. The fraction of sp³-hybridized carbons (Fsp3) is 0.312. The van der Waals surface area contributed by atoms with Crippen molar-refractivity contribution in [2.75, 3.05) is 0 Å². The van der Waals surface area contributed by atoms with Crippen molar-refractivity contribution in [1.82, 2.24) is 4.90 Å². The maximum Gasteiger partial charge on any atom is 0.257 e. The minimum Gasteiger partial charge on any atom is -0.467 e. The van der Waals surface area contributed by atoms with E-state index in [1.165, 1.54) is 18.4 Å². The Bertz CT molecular complexity index is 655. The number of hydrogen-bond acceptors (Lipinski definition) is 3. The van der Waals surface area contributed by atoms with E-state index in [0.717, 1.165) is 18.4 Å². The zero-order valence-electron chi connectivity index (χ0n) is 12.0. The monoisotopic (exact) mass is 324 g/mol. The number of benzene rings is 1. The molecule has 1 amide bonds. The Morgan fingerprint density at radius 2 is 2.14 bits per heavy atom. The molecule has 4 nitrogen and oxygen atoms in total. The van der Waals surface area contributed by atoms with Crippen molar-refractivity contribution in [3.05, 3.63) is 59.3 Å². The van der Waals surface area contributed by atoms with Gasteiger partial charge in [0.05, 0.1) is 12.1 Å². The van der Waals surface area contributed by atoms with Crippen LogP contribution in [0.15, 0.2) is 41.0 Å². The van der Waals surface area contributed by atoms with Gasteiger partial charge >= 0.3 is 0 Å². The molecule has 0 saturated heterocycles. The summed E-state index contributed by atoms with van der Waals surface area (Å²) in [7, 11) is 0. The summed E-state index contributed by atoms with van der Waals surface area (Å²) < 4.78 is 18.5. The molecule has 118 valence electrons. The van der Waals surface area contributed by atoms with Gasteiger partial charge in [-0.15, -0.1) is 12.4 Å². The molecule has 1 aliphatic rings. The van der Waals surface area contributed by atoms with Gasteiger partial charge in [-0.2, -0.15) is 0 Å². The molecule has 3 rings (SSSR count). The Morgan fingerprint density at radius 3 is 2.73 bits per heavy atom. The molecule has 6 heteroatoms. The highest BCUT2D eigenvalue weighted by Gasteiger charge is 2.33. The van der Waals surface area contributed by atoms with Gasteiger partial charge in [0.1, 0.15) is 17.8 Å². The molecule has 1 saturated carbocycles. The van der Waals surface area contributed by atoms with E-state index in [1.54, 1.807) is 17.0 Å². The predicted octanol–water partition coefficient (Wildman–Crippen LogP) is 3.10. The van der Waals surface area contributed by atoms with Crippen molar-refractivity contribution in [3.63, 3.8) is 0 Å². The van der Waals surface area contributed by atoms with Crippen molar-refractivity contribution < 1.29 is 13.6 Å². The molecule has 0 aliphatic heterocycles. The first-order valence-electron chi connectivity index (χ1n) is 7.00. The average Bonchev–Trinajstić information content (AvgIpc) is 3.20. The van der Waals surface area contributed by atoms with Crippen LogP contribution in [0.25, 0.3) is 0 Å². The van der Waals surface area contributed by atoms with E-state index >= 15 is 0 Å². The summed E-state index contributed by atoms with van der Waals surface area (Å²) in [5.41, 5.74) is 6.78. The number of amides is 1. The third kappa shape index (κ3) is 3.67.